The Morgan fingerprint density at radius 2 is 1.62 bits per heavy atom. The first-order chi connectivity index (χ1) is 12.4. The molecule has 0 bridgehead atoms. The van der Waals surface area contributed by atoms with Crippen LogP contribution in [0.4, 0.5) is 14.9 Å². The number of hydrogen-bond acceptors (Lipinski definition) is 3. The van der Waals surface area contributed by atoms with Crippen molar-refractivity contribution in [2.75, 3.05) is 31.5 Å². The van der Waals surface area contributed by atoms with Gasteiger partial charge in [0.15, 0.2) is 0 Å². The van der Waals surface area contributed by atoms with Gasteiger partial charge in [0.1, 0.15) is 10.7 Å². The van der Waals surface area contributed by atoms with Crippen molar-refractivity contribution in [3.63, 3.8) is 0 Å². The molecule has 2 aromatic carbocycles. The van der Waals surface area contributed by atoms with E-state index in [1.54, 1.807) is 24.3 Å². The molecule has 0 unspecified atom stereocenters. The van der Waals surface area contributed by atoms with Gasteiger partial charge in [0.25, 0.3) is 0 Å². The Balaban J connectivity index is 1.62. The molecular weight excluding hydrogens is 381 g/mol. The standard InChI is InChI=1S/C17H17ClFN3O3S/c18-13-5-7-14(8-6-13)20-17(23)21-9-11-22(12-10-21)26(24,25)16-4-2-1-3-15(16)19/h1-8H,9-12H2,(H,20,23). The molecule has 1 N–H and O–H groups in total. The maximum absolute atomic E-state index is 13.8. The molecule has 3 rings (SSSR count). The average molecular weight is 398 g/mol. The lowest BCUT2D eigenvalue weighted by Gasteiger charge is -2.34. The number of anilines is 1. The zero-order chi connectivity index (χ0) is 18.7. The first-order valence-corrected chi connectivity index (χ1v) is 9.76. The van der Waals surface area contributed by atoms with Gasteiger partial charge in [0, 0.05) is 36.9 Å². The lowest BCUT2D eigenvalue weighted by molar-refractivity contribution is 0.184. The van der Waals surface area contributed by atoms with Crippen molar-refractivity contribution in [1.29, 1.82) is 0 Å². The summed E-state index contributed by atoms with van der Waals surface area (Å²) in [6.45, 7) is 0.635. The Bertz CT molecular complexity index is 898. The number of carbonyl (C=O) groups is 1. The predicted molar refractivity (Wildman–Crippen MR) is 97.2 cm³/mol. The highest BCUT2D eigenvalue weighted by Gasteiger charge is 2.31. The van der Waals surface area contributed by atoms with E-state index in [4.69, 9.17) is 11.6 Å². The molecule has 26 heavy (non-hydrogen) atoms. The molecule has 0 radical (unpaired) electrons. The number of nitrogens with zero attached hydrogens (tertiary/aromatic N) is 2. The summed E-state index contributed by atoms with van der Waals surface area (Å²) < 4.78 is 40.1. The van der Waals surface area contributed by atoms with Crippen molar-refractivity contribution in [1.82, 2.24) is 9.21 Å². The zero-order valence-corrected chi connectivity index (χ0v) is 15.3. The van der Waals surface area contributed by atoms with Crippen LogP contribution < -0.4 is 5.32 Å². The average Bonchev–Trinajstić information content (AvgIpc) is 2.64. The third-order valence-corrected chi connectivity index (χ3v) is 6.26. The maximum atomic E-state index is 13.8. The number of amides is 2. The van der Waals surface area contributed by atoms with Crippen molar-refractivity contribution < 1.29 is 17.6 Å². The van der Waals surface area contributed by atoms with Gasteiger partial charge < -0.3 is 10.2 Å². The lowest BCUT2D eigenvalue weighted by atomic mass is 10.3. The number of rotatable bonds is 3. The van der Waals surface area contributed by atoms with Crippen LogP contribution in [0.1, 0.15) is 0 Å². The third-order valence-electron chi connectivity index (χ3n) is 4.08. The van der Waals surface area contributed by atoms with E-state index in [0.29, 0.717) is 10.7 Å². The molecule has 1 heterocycles. The second-order valence-corrected chi connectivity index (χ2v) is 8.10. The van der Waals surface area contributed by atoms with Gasteiger partial charge in [-0.3, -0.25) is 0 Å². The Labute approximate surface area is 156 Å². The molecule has 0 aromatic heterocycles. The molecule has 2 amide bonds. The monoisotopic (exact) mass is 397 g/mol. The van der Waals surface area contributed by atoms with E-state index in [2.05, 4.69) is 5.32 Å². The van der Waals surface area contributed by atoms with Gasteiger partial charge in [-0.1, -0.05) is 23.7 Å². The normalized spacial score (nSPS) is 15.7. The Morgan fingerprint density at radius 1 is 1.00 bits per heavy atom. The van der Waals surface area contributed by atoms with Gasteiger partial charge in [-0.25, -0.2) is 17.6 Å². The minimum atomic E-state index is -3.92. The predicted octanol–water partition coefficient (Wildman–Crippen LogP) is 3.02. The van der Waals surface area contributed by atoms with Crippen LogP contribution in [0, 0.1) is 5.82 Å². The number of carbonyl (C=O) groups excluding carboxylic acids is 1. The maximum Gasteiger partial charge on any atom is 0.321 e. The van der Waals surface area contributed by atoms with Crippen LogP contribution in [0.5, 0.6) is 0 Å². The van der Waals surface area contributed by atoms with E-state index in [1.165, 1.54) is 27.4 Å². The van der Waals surface area contributed by atoms with E-state index in [0.717, 1.165) is 6.07 Å². The van der Waals surface area contributed by atoms with Crippen LogP contribution >= 0.6 is 11.6 Å². The highest BCUT2D eigenvalue weighted by atomic mass is 35.5. The Kier molecular flexibility index (Phi) is 5.45. The van der Waals surface area contributed by atoms with Gasteiger partial charge in [0.2, 0.25) is 10.0 Å². The fourth-order valence-corrected chi connectivity index (χ4v) is 4.27. The minimum Gasteiger partial charge on any atom is -0.322 e. The van der Waals surface area contributed by atoms with Gasteiger partial charge in [-0.15, -0.1) is 0 Å². The molecule has 1 aliphatic rings. The van der Waals surface area contributed by atoms with E-state index in [-0.39, 0.29) is 37.1 Å². The summed E-state index contributed by atoms with van der Waals surface area (Å²) in [6, 6.07) is 11.6. The summed E-state index contributed by atoms with van der Waals surface area (Å²) in [6.07, 6.45) is 0. The molecule has 9 heteroatoms. The first-order valence-electron chi connectivity index (χ1n) is 7.94. The van der Waals surface area contributed by atoms with Crippen LogP contribution in [0.3, 0.4) is 0 Å². The Morgan fingerprint density at radius 3 is 2.23 bits per heavy atom. The van der Waals surface area contributed by atoms with Gasteiger partial charge in [-0.05, 0) is 36.4 Å². The van der Waals surface area contributed by atoms with Gasteiger partial charge in [0.05, 0.1) is 0 Å². The largest absolute Gasteiger partial charge is 0.322 e. The molecular formula is C17H17ClFN3O3S. The molecule has 0 saturated carbocycles. The topological polar surface area (TPSA) is 69.7 Å². The summed E-state index contributed by atoms with van der Waals surface area (Å²) in [5.74, 6) is -0.782. The number of sulfonamides is 1. The van der Waals surface area contributed by atoms with E-state index in [1.807, 2.05) is 0 Å². The van der Waals surface area contributed by atoms with Crippen molar-refractivity contribution in [3.05, 3.63) is 59.4 Å². The van der Waals surface area contributed by atoms with Gasteiger partial charge in [-0.2, -0.15) is 4.31 Å². The summed E-state index contributed by atoms with van der Waals surface area (Å²) in [5, 5.41) is 3.30. The molecule has 6 nitrogen and oxygen atoms in total. The van der Waals surface area contributed by atoms with Crippen LogP contribution in [-0.4, -0.2) is 49.8 Å². The van der Waals surface area contributed by atoms with Crippen LogP contribution in [0.2, 0.25) is 5.02 Å². The highest BCUT2D eigenvalue weighted by Crippen LogP contribution is 2.21. The number of piperazine rings is 1. The van der Waals surface area contributed by atoms with Crippen LogP contribution in [-0.2, 0) is 10.0 Å². The molecule has 1 aliphatic heterocycles. The second kappa shape index (κ2) is 7.61. The smallest absolute Gasteiger partial charge is 0.321 e. The van der Waals surface area contributed by atoms with Crippen LogP contribution in [0.15, 0.2) is 53.4 Å². The first kappa shape index (κ1) is 18.6. The Hall–Kier alpha value is -2.16. The number of nitrogens with one attached hydrogen (secondary N) is 1. The number of halogens is 2. The number of hydrogen-bond donors (Lipinski definition) is 1. The molecule has 0 aliphatic carbocycles. The molecule has 0 atom stereocenters. The van der Waals surface area contributed by atoms with E-state index >= 15 is 0 Å². The second-order valence-electron chi connectivity index (χ2n) is 5.76. The van der Waals surface area contributed by atoms with Crippen LogP contribution in [0.25, 0.3) is 0 Å². The van der Waals surface area contributed by atoms with Gasteiger partial charge >= 0.3 is 6.03 Å². The summed E-state index contributed by atoms with van der Waals surface area (Å²) >= 11 is 5.81. The number of benzene rings is 2. The van der Waals surface area contributed by atoms with Crippen molar-refractivity contribution in [2.24, 2.45) is 0 Å². The fourth-order valence-electron chi connectivity index (χ4n) is 2.66. The molecule has 1 saturated heterocycles. The summed E-state index contributed by atoms with van der Waals surface area (Å²) in [5.41, 5.74) is 0.598. The minimum absolute atomic E-state index is 0.102. The van der Waals surface area contributed by atoms with E-state index in [9.17, 15) is 17.6 Å². The lowest BCUT2D eigenvalue weighted by Crippen LogP contribution is -2.51. The summed E-state index contributed by atoms with van der Waals surface area (Å²) in [4.78, 5) is 13.5. The SMILES string of the molecule is O=C(Nc1ccc(Cl)cc1)N1CCN(S(=O)(=O)c2ccccc2F)CC1. The third kappa shape index (κ3) is 3.98. The fraction of sp³-hybridized carbons (Fsp3) is 0.235. The van der Waals surface area contributed by atoms with Crippen molar-refractivity contribution in [3.8, 4) is 0 Å². The molecule has 138 valence electrons. The molecule has 1 fully saturated rings. The van der Waals surface area contributed by atoms with Crippen molar-refractivity contribution >= 4 is 33.3 Å². The van der Waals surface area contributed by atoms with Crippen molar-refractivity contribution in [2.45, 2.75) is 4.90 Å². The van der Waals surface area contributed by atoms with E-state index < -0.39 is 15.8 Å². The molecule has 2 aromatic rings. The quantitative estimate of drug-likeness (QED) is 0.865. The summed E-state index contributed by atoms with van der Waals surface area (Å²) in [7, 11) is -3.92. The number of urea groups is 1. The zero-order valence-electron chi connectivity index (χ0n) is 13.7. The highest BCUT2D eigenvalue weighted by molar-refractivity contribution is 7.89. The molecule has 0 spiro atoms.